The van der Waals surface area contributed by atoms with E-state index >= 15 is 0 Å². The molecule has 0 saturated heterocycles. The summed E-state index contributed by atoms with van der Waals surface area (Å²) in [5.74, 6) is 1.52. The molecule has 0 N–H and O–H groups in total. The maximum absolute atomic E-state index is 10.7. The molecule has 0 radical (unpaired) electrons. The molecular weight excluding hydrogens is 266 g/mol. The average molecular weight is 278 g/mol. The Hall–Kier alpha value is -2.07. The smallest absolute Gasteiger partial charge is 0.273 e. The van der Waals surface area contributed by atoms with Crippen molar-refractivity contribution in [3.8, 4) is 11.5 Å². The molecule has 0 fully saturated rings. The van der Waals surface area contributed by atoms with Crippen molar-refractivity contribution in [3.05, 3.63) is 63.7 Å². The standard InChI is InChI=1S/C14H12ClNO3/c1-10-7-14(6-5-11(10)9-15)19-13-4-2-3-12(8-13)16(17)18/h2-8H,9H2,1H3. The SMILES string of the molecule is Cc1cc(Oc2cccc([N+](=O)[O-])c2)ccc1CCl. The van der Waals surface area contributed by atoms with Crippen LogP contribution in [0.4, 0.5) is 5.69 Å². The lowest BCUT2D eigenvalue weighted by Crippen LogP contribution is -1.91. The molecule has 0 heterocycles. The molecule has 0 saturated carbocycles. The van der Waals surface area contributed by atoms with E-state index < -0.39 is 4.92 Å². The Labute approximate surface area is 115 Å². The van der Waals surface area contributed by atoms with Crippen LogP contribution >= 0.6 is 11.6 Å². The molecule has 4 nitrogen and oxygen atoms in total. The van der Waals surface area contributed by atoms with Crippen molar-refractivity contribution < 1.29 is 9.66 Å². The van der Waals surface area contributed by atoms with Crippen molar-refractivity contribution in [2.45, 2.75) is 12.8 Å². The Morgan fingerprint density at radius 1 is 1.21 bits per heavy atom. The van der Waals surface area contributed by atoms with Crippen LogP contribution in [0.3, 0.4) is 0 Å². The number of nitro groups is 1. The zero-order valence-corrected chi connectivity index (χ0v) is 11.1. The fourth-order valence-electron chi connectivity index (χ4n) is 1.68. The van der Waals surface area contributed by atoms with E-state index in [1.165, 1.54) is 12.1 Å². The van der Waals surface area contributed by atoms with Crippen LogP contribution < -0.4 is 4.74 Å². The number of halogens is 1. The normalized spacial score (nSPS) is 10.2. The molecule has 2 aromatic carbocycles. The van der Waals surface area contributed by atoms with Gasteiger partial charge in [-0.25, -0.2) is 0 Å². The monoisotopic (exact) mass is 277 g/mol. The van der Waals surface area contributed by atoms with Crippen molar-refractivity contribution in [1.82, 2.24) is 0 Å². The fourth-order valence-corrected chi connectivity index (χ4v) is 1.98. The van der Waals surface area contributed by atoms with Crippen LogP contribution in [-0.4, -0.2) is 4.92 Å². The lowest BCUT2D eigenvalue weighted by atomic mass is 10.1. The highest BCUT2D eigenvalue weighted by molar-refractivity contribution is 6.17. The number of hydrogen-bond acceptors (Lipinski definition) is 3. The number of benzene rings is 2. The lowest BCUT2D eigenvalue weighted by molar-refractivity contribution is -0.384. The van der Waals surface area contributed by atoms with Crippen molar-refractivity contribution in [2.24, 2.45) is 0 Å². The number of rotatable bonds is 4. The predicted octanol–water partition coefficient (Wildman–Crippen LogP) is 4.43. The molecule has 0 bridgehead atoms. The summed E-state index contributed by atoms with van der Waals surface area (Å²) in [6.07, 6.45) is 0. The first-order valence-corrected chi connectivity index (χ1v) is 6.21. The Kier molecular flexibility index (Phi) is 4.02. The van der Waals surface area contributed by atoms with E-state index in [0.29, 0.717) is 17.4 Å². The molecule has 2 rings (SSSR count). The molecule has 2 aromatic rings. The number of non-ortho nitro benzene ring substituents is 1. The zero-order chi connectivity index (χ0) is 13.8. The van der Waals surface area contributed by atoms with Gasteiger partial charge in [-0.1, -0.05) is 12.1 Å². The molecule has 0 amide bonds. The van der Waals surface area contributed by atoms with Crippen LogP contribution in [-0.2, 0) is 5.88 Å². The van der Waals surface area contributed by atoms with Gasteiger partial charge in [-0.15, -0.1) is 11.6 Å². The Balaban J connectivity index is 2.23. The molecular formula is C14H12ClNO3. The first-order valence-electron chi connectivity index (χ1n) is 5.68. The zero-order valence-electron chi connectivity index (χ0n) is 10.3. The molecule has 0 aliphatic heterocycles. The van der Waals surface area contributed by atoms with Crippen LogP contribution in [0, 0.1) is 17.0 Å². The third-order valence-electron chi connectivity index (χ3n) is 2.72. The van der Waals surface area contributed by atoms with E-state index in [2.05, 4.69) is 0 Å². The van der Waals surface area contributed by atoms with Crippen molar-refractivity contribution >= 4 is 17.3 Å². The summed E-state index contributed by atoms with van der Waals surface area (Å²) in [4.78, 5) is 10.2. The van der Waals surface area contributed by atoms with Gasteiger partial charge in [0, 0.05) is 11.9 Å². The molecule has 5 heteroatoms. The highest BCUT2D eigenvalue weighted by Crippen LogP contribution is 2.27. The van der Waals surface area contributed by atoms with E-state index in [4.69, 9.17) is 16.3 Å². The van der Waals surface area contributed by atoms with Gasteiger partial charge < -0.3 is 4.74 Å². The van der Waals surface area contributed by atoms with E-state index in [0.717, 1.165) is 11.1 Å². The van der Waals surface area contributed by atoms with E-state index in [1.54, 1.807) is 18.2 Å². The van der Waals surface area contributed by atoms with Crippen molar-refractivity contribution in [1.29, 1.82) is 0 Å². The van der Waals surface area contributed by atoms with E-state index in [-0.39, 0.29) is 5.69 Å². The second-order valence-electron chi connectivity index (χ2n) is 4.08. The molecule has 0 spiro atoms. The second-order valence-corrected chi connectivity index (χ2v) is 4.35. The quantitative estimate of drug-likeness (QED) is 0.472. The first-order chi connectivity index (χ1) is 9.10. The minimum Gasteiger partial charge on any atom is -0.457 e. The Morgan fingerprint density at radius 2 is 1.95 bits per heavy atom. The van der Waals surface area contributed by atoms with Crippen molar-refractivity contribution in [2.75, 3.05) is 0 Å². The van der Waals surface area contributed by atoms with Crippen LogP contribution in [0.2, 0.25) is 0 Å². The predicted molar refractivity (Wildman–Crippen MR) is 73.9 cm³/mol. The van der Waals surface area contributed by atoms with Crippen LogP contribution in [0.25, 0.3) is 0 Å². The Bertz CT molecular complexity index is 613. The van der Waals surface area contributed by atoms with Gasteiger partial charge in [-0.05, 0) is 36.2 Å². The molecule has 0 atom stereocenters. The van der Waals surface area contributed by atoms with Crippen LogP contribution in [0.15, 0.2) is 42.5 Å². The van der Waals surface area contributed by atoms with Crippen LogP contribution in [0.5, 0.6) is 11.5 Å². The molecule has 19 heavy (non-hydrogen) atoms. The maximum Gasteiger partial charge on any atom is 0.273 e. The topological polar surface area (TPSA) is 52.4 Å². The summed E-state index contributed by atoms with van der Waals surface area (Å²) in [6.45, 7) is 1.94. The van der Waals surface area contributed by atoms with E-state index in [9.17, 15) is 10.1 Å². The van der Waals surface area contributed by atoms with Gasteiger partial charge in [0.1, 0.15) is 11.5 Å². The summed E-state index contributed by atoms with van der Waals surface area (Å²) in [7, 11) is 0. The number of ether oxygens (including phenoxy) is 1. The third-order valence-corrected chi connectivity index (χ3v) is 3.01. The van der Waals surface area contributed by atoms with Gasteiger partial charge in [0.05, 0.1) is 11.0 Å². The summed E-state index contributed by atoms with van der Waals surface area (Å²) < 4.78 is 5.60. The van der Waals surface area contributed by atoms with Gasteiger partial charge in [0.15, 0.2) is 0 Å². The number of alkyl halides is 1. The highest BCUT2D eigenvalue weighted by atomic mass is 35.5. The van der Waals surface area contributed by atoms with Gasteiger partial charge in [-0.3, -0.25) is 10.1 Å². The molecule has 0 aliphatic carbocycles. The number of aryl methyl sites for hydroxylation is 1. The molecule has 0 unspecified atom stereocenters. The van der Waals surface area contributed by atoms with E-state index in [1.807, 2.05) is 19.1 Å². The highest BCUT2D eigenvalue weighted by Gasteiger charge is 2.07. The van der Waals surface area contributed by atoms with Gasteiger partial charge >= 0.3 is 0 Å². The summed E-state index contributed by atoms with van der Waals surface area (Å²) in [6, 6.07) is 11.6. The number of nitro benzene ring substituents is 1. The minimum absolute atomic E-state index is 0.00611. The number of hydrogen-bond donors (Lipinski definition) is 0. The minimum atomic E-state index is -0.450. The van der Waals surface area contributed by atoms with Gasteiger partial charge in [-0.2, -0.15) is 0 Å². The van der Waals surface area contributed by atoms with Gasteiger partial charge in [0.2, 0.25) is 0 Å². The maximum atomic E-state index is 10.7. The fraction of sp³-hybridized carbons (Fsp3) is 0.143. The summed E-state index contributed by atoms with van der Waals surface area (Å²) >= 11 is 5.78. The summed E-state index contributed by atoms with van der Waals surface area (Å²) in [5.41, 5.74) is 2.07. The molecule has 0 aromatic heterocycles. The first kappa shape index (κ1) is 13.4. The summed E-state index contributed by atoms with van der Waals surface area (Å²) in [5, 5.41) is 10.7. The molecule has 98 valence electrons. The molecule has 0 aliphatic rings. The second kappa shape index (κ2) is 5.71. The van der Waals surface area contributed by atoms with Gasteiger partial charge in [0.25, 0.3) is 5.69 Å². The van der Waals surface area contributed by atoms with Crippen molar-refractivity contribution in [3.63, 3.8) is 0 Å². The number of nitrogens with zero attached hydrogens (tertiary/aromatic N) is 1. The largest absolute Gasteiger partial charge is 0.457 e. The van der Waals surface area contributed by atoms with Crippen LogP contribution in [0.1, 0.15) is 11.1 Å². The lowest BCUT2D eigenvalue weighted by Gasteiger charge is -2.08. The third kappa shape index (κ3) is 3.23. The average Bonchev–Trinajstić information content (AvgIpc) is 2.39. The Morgan fingerprint density at radius 3 is 2.58 bits per heavy atom.